The first-order valence-electron chi connectivity index (χ1n) is 16.4. The van der Waals surface area contributed by atoms with Gasteiger partial charge < -0.3 is 4.42 Å². The Morgan fingerprint density at radius 2 is 1.29 bits per heavy atom. The number of aliphatic imine (C=N–C) groups is 1. The lowest BCUT2D eigenvalue weighted by Crippen LogP contribution is -2.23. The van der Waals surface area contributed by atoms with Crippen molar-refractivity contribution in [3.8, 4) is 22.3 Å². The van der Waals surface area contributed by atoms with Gasteiger partial charge in [-0.05, 0) is 76.0 Å². The van der Waals surface area contributed by atoms with Gasteiger partial charge >= 0.3 is 0 Å². The molecule has 0 amide bonds. The highest BCUT2D eigenvalue weighted by molar-refractivity contribution is 6.24. The van der Waals surface area contributed by atoms with Crippen LogP contribution < -0.4 is 10.4 Å². The molecule has 0 radical (unpaired) electrons. The van der Waals surface area contributed by atoms with Gasteiger partial charge in [0.15, 0.2) is 0 Å². The molecule has 0 bridgehead atoms. The minimum Gasteiger partial charge on any atom is -0.455 e. The number of aromatic nitrogens is 1. The molecular weight excluding hydrogens is 585 g/mol. The molecule has 0 aliphatic carbocycles. The van der Waals surface area contributed by atoms with Crippen LogP contribution in [0.5, 0.6) is 0 Å². The zero-order valence-corrected chi connectivity index (χ0v) is 26.8. The van der Waals surface area contributed by atoms with Gasteiger partial charge in [-0.15, -0.1) is 0 Å². The first-order valence-corrected chi connectivity index (χ1v) is 16.4. The van der Waals surface area contributed by atoms with Gasteiger partial charge in [0.2, 0.25) is 0 Å². The van der Waals surface area contributed by atoms with Crippen molar-refractivity contribution in [2.75, 3.05) is 0 Å². The minimum absolute atomic E-state index is 0.919. The zero-order valence-electron chi connectivity index (χ0n) is 26.8. The van der Waals surface area contributed by atoms with Crippen molar-refractivity contribution >= 4 is 72.6 Å². The predicted molar refractivity (Wildman–Crippen MR) is 204 cm³/mol. The molecule has 0 aliphatic rings. The van der Waals surface area contributed by atoms with E-state index in [1.54, 1.807) is 0 Å². The molecule has 0 aliphatic heterocycles. The molecular formula is C45H32N2O. The van der Waals surface area contributed by atoms with E-state index < -0.39 is 0 Å². The summed E-state index contributed by atoms with van der Waals surface area (Å²) < 4.78 is 8.60. The molecule has 0 unspecified atom stereocenters. The Bertz CT molecular complexity index is 2850. The van der Waals surface area contributed by atoms with E-state index in [0.29, 0.717) is 0 Å². The summed E-state index contributed by atoms with van der Waals surface area (Å²) in [6, 6.07) is 51.8. The summed E-state index contributed by atoms with van der Waals surface area (Å²) in [4.78, 5) is 4.96. The van der Waals surface area contributed by atoms with Crippen LogP contribution in [-0.4, -0.2) is 10.4 Å². The minimum atomic E-state index is 0.919. The summed E-state index contributed by atoms with van der Waals surface area (Å²) in [7, 11) is 0. The molecule has 228 valence electrons. The second-order valence-corrected chi connectivity index (χ2v) is 12.3. The van der Waals surface area contributed by atoms with E-state index in [-0.39, 0.29) is 0 Å². The molecule has 9 rings (SSSR count). The van der Waals surface area contributed by atoms with Crippen LogP contribution in [-0.2, 0) is 0 Å². The van der Waals surface area contributed by atoms with Gasteiger partial charge in [-0.25, -0.2) is 4.99 Å². The van der Waals surface area contributed by atoms with Crippen LogP contribution in [0.25, 0.3) is 89.0 Å². The Labute approximate surface area is 278 Å². The van der Waals surface area contributed by atoms with Gasteiger partial charge in [0.1, 0.15) is 17.0 Å². The van der Waals surface area contributed by atoms with Gasteiger partial charge in [-0.1, -0.05) is 127 Å². The maximum atomic E-state index is 6.31. The van der Waals surface area contributed by atoms with Crippen LogP contribution in [0, 0.1) is 0 Å². The number of rotatable bonds is 3. The number of benzene rings is 7. The van der Waals surface area contributed by atoms with Crippen molar-refractivity contribution in [1.82, 2.24) is 4.57 Å². The second kappa shape index (κ2) is 11.3. The van der Waals surface area contributed by atoms with Crippen LogP contribution in [0.1, 0.15) is 13.8 Å². The van der Waals surface area contributed by atoms with E-state index in [2.05, 4.69) is 158 Å². The molecule has 3 nitrogen and oxygen atoms in total. The Morgan fingerprint density at radius 3 is 2.15 bits per heavy atom. The van der Waals surface area contributed by atoms with Gasteiger partial charge in [-0.2, -0.15) is 0 Å². The fourth-order valence-corrected chi connectivity index (χ4v) is 7.25. The monoisotopic (exact) mass is 616 g/mol. The maximum absolute atomic E-state index is 6.31. The molecule has 7 aromatic carbocycles. The van der Waals surface area contributed by atoms with Gasteiger partial charge in [0.25, 0.3) is 0 Å². The molecule has 0 atom stereocenters. The molecule has 0 saturated heterocycles. The molecule has 3 heteroatoms. The summed E-state index contributed by atoms with van der Waals surface area (Å²) in [5.41, 5.74) is 8.79. The van der Waals surface area contributed by atoms with Crippen molar-refractivity contribution in [2.24, 2.45) is 4.99 Å². The average Bonchev–Trinajstić information content (AvgIpc) is 3.70. The molecule has 9 aromatic rings. The van der Waals surface area contributed by atoms with Crippen LogP contribution in [0.15, 0.2) is 155 Å². The fourth-order valence-electron chi connectivity index (χ4n) is 7.25. The molecule has 2 heterocycles. The molecule has 0 saturated carbocycles. The fraction of sp³-hybridized carbons (Fsp3) is 0.0444. The normalized spacial score (nSPS) is 13.2. The molecule has 0 N–H and O–H groups in total. The maximum Gasteiger partial charge on any atom is 0.143 e. The first kappa shape index (κ1) is 28.1. The summed E-state index contributed by atoms with van der Waals surface area (Å²) in [6.07, 6.45) is 4.09. The third-order valence-corrected chi connectivity index (χ3v) is 9.61. The van der Waals surface area contributed by atoms with E-state index in [4.69, 9.17) is 9.41 Å². The van der Waals surface area contributed by atoms with E-state index in [0.717, 1.165) is 55.2 Å². The van der Waals surface area contributed by atoms with E-state index in [1.165, 1.54) is 37.9 Å². The van der Waals surface area contributed by atoms with Crippen molar-refractivity contribution < 1.29 is 4.42 Å². The van der Waals surface area contributed by atoms with Crippen molar-refractivity contribution in [3.63, 3.8) is 0 Å². The highest BCUT2D eigenvalue weighted by Crippen LogP contribution is 2.38. The third kappa shape index (κ3) is 4.47. The highest BCUT2D eigenvalue weighted by Gasteiger charge is 2.16. The lowest BCUT2D eigenvalue weighted by molar-refractivity contribution is 0.670. The Kier molecular flexibility index (Phi) is 6.58. The lowest BCUT2D eigenvalue weighted by Gasteiger charge is -2.09. The summed E-state index contributed by atoms with van der Waals surface area (Å²) in [5.74, 6) is 0.932. The van der Waals surface area contributed by atoms with Crippen LogP contribution in [0.3, 0.4) is 0 Å². The SMILES string of the molecule is C\C=c1/cccc/c1=C/N=C(\C)n1c2ccccc2c2c3ccc(-c4ccc(-c5cccc6c5oc5ccccc56)cc4)cc3ccc21. The summed E-state index contributed by atoms with van der Waals surface area (Å²) in [5, 5.41) is 9.52. The second-order valence-electron chi connectivity index (χ2n) is 12.3. The van der Waals surface area contributed by atoms with Crippen LogP contribution in [0.2, 0.25) is 0 Å². The van der Waals surface area contributed by atoms with Gasteiger partial charge in [0, 0.05) is 33.3 Å². The predicted octanol–water partition coefficient (Wildman–Crippen LogP) is 10.7. The third-order valence-electron chi connectivity index (χ3n) is 9.61. The number of hydrogen-bond acceptors (Lipinski definition) is 2. The number of furan rings is 1. The Morgan fingerprint density at radius 1 is 0.583 bits per heavy atom. The number of nitrogens with zero attached hydrogens (tertiary/aromatic N) is 2. The largest absolute Gasteiger partial charge is 0.455 e. The number of hydrogen-bond donors (Lipinski definition) is 0. The van der Waals surface area contributed by atoms with E-state index in [9.17, 15) is 0 Å². The average molecular weight is 617 g/mol. The van der Waals surface area contributed by atoms with Crippen molar-refractivity contribution in [3.05, 3.63) is 156 Å². The van der Waals surface area contributed by atoms with Crippen LogP contribution in [0.4, 0.5) is 0 Å². The first-order chi connectivity index (χ1) is 23.7. The van der Waals surface area contributed by atoms with E-state index in [1.807, 2.05) is 18.3 Å². The van der Waals surface area contributed by atoms with E-state index >= 15 is 0 Å². The molecule has 0 spiro atoms. The summed E-state index contributed by atoms with van der Waals surface area (Å²) >= 11 is 0. The Balaban J connectivity index is 1.13. The highest BCUT2D eigenvalue weighted by atomic mass is 16.3. The number of para-hydroxylation sites is 3. The number of fused-ring (bicyclic) bond motifs is 8. The molecule has 0 fully saturated rings. The zero-order chi connectivity index (χ0) is 32.2. The molecule has 48 heavy (non-hydrogen) atoms. The van der Waals surface area contributed by atoms with Crippen molar-refractivity contribution in [2.45, 2.75) is 13.8 Å². The van der Waals surface area contributed by atoms with Crippen LogP contribution >= 0.6 is 0 Å². The van der Waals surface area contributed by atoms with Gasteiger partial charge in [-0.3, -0.25) is 4.57 Å². The Hall–Kier alpha value is -6.19. The quantitative estimate of drug-likeness (QED) is 0.143. The van der Waals surface area contributed by atoms with Gasteiger partial charge in [0.05, 0.1) is 11.0 Å². The molecule has 2 aromatic heterocycles. The topological polar surface area (TPSA) is 30.4 Å². The standard InChI is InChI=1S/C45H32N2O/c1-3-30-11-4-5-12-35(30)28-46-29(2)47-41-17-8-6-14-40(41)44-36-25-23-33(27-34(36)24-26-42(44)47)31-19-21-32(22-20-31)37-15-10-16-39-38-13-7-9-18-43(38)48-45(37)39/h3-28H,1-2H3/b30-3+,35-28-,46-29+. The summed E-state index contributed by atoms with van der Waals surface area (Å²) in [6.45, 7) is 4.15. The van der Waals surface area contributed by atoms with Crippen molar-refractivity contribution in [1.29, 1.82) is 0 Å². The smallest absolute Gasteiger partial charge is 0.143 e. The lowest BCUT2D eigenvalue weighted by atomic mass is 9.96.